The molecule has 0 radical (unpaired) electrons. The van der Waals surface area contributed by atoms with Crippen molar-refractivity contribution in [2.24, 2.45) is 0 Å². The summed E-state index contributed by atoms with van der Waals surface area (Å²) in [6.45, 7) is 14.1. The molecule has 0 bridgehead atoms. The molecule has 0 aromatic carbocycles. The Morgan fingerprint density at radius 3 is 1.82 bits per heavy atom. The summed E-state index contributed by atoms with van der Waals surface area (Å²) >= 11 is -0.247. The van der Waals surface area contributed by atoms with E-state index < -0.39 is 0 Å². The number of allylic oxidation sites excluding steroid dienone is 6. The van der Waals surface area contributed by atoms with Gasteiger partial charge in [0.05, 0.1) is 0 Å². The second-order valence-corrected chi connectivity index (χ2v) is 11.8. The van der Waals surface area contributed by atoms with E-state index in [0.717, 1.165) is 25.7 Å². The van der Waals surface area contributed by atoms with Crippen LogP contribution in [0.15, 0.2) is 46.8 Å². The summed E-state index contributed by atoms with van der Waals surface area (Å²) in [4.78, 5) is 0. The van der Waals surface area contributed by atoms with Crippen LogP contribution < -0.4 is 10.2 Å². The van der Waals surface area contributed by atoms with Gasteiger partial charge in [0.2, 0.25) is 0 Å². The fourth-order valence-corrected chi connectivity index (χ4v) is 4.83. The first-order valence-electron chi connectivity index (χ1n) is 7.93. The van der Waals surface area contributed by atoms with Gasteiger partial charge in [-0.05, 0) is 12.8 Å². The van der Waals surface area contributed by atoms with Crippen LogP contribution in [-0.4, -0.2) is 13.2 Å². The average Bonchev–Trinajstić information content (AvgIpc) is 2.95. The standard InChI is InChI=1S/2C5H9O.C5H5.C4H9.Zr/c2*1-2-3-4-5-6;1-2-4-5-3-1;1-4(2)3;/h2*2H,1,3-5H2;1-3H,4H2;1-3H3;/q2*-1;;;+2. The van der Waals surface area contributed by atoms with E-state index in [-0.39, 0.29) is 36.4 Å². The zero-order chi connectivity index (χ0) is 17.3. The van der Waals surface area contributed by atoms with Gasteiger partial charge in [0.15, 0.2) is 0 Å². The number of hydrogen-bond acceptors (Lipinski definition) is 2. The van der Waals surface area contributed by atoms with Gasteiger partial charge in [-0.2, -0.15) is 0 Å². The molecule has 0 saturated heterocycles. The normalized spacial score (nSPS) is 12.1. The third-order valence-electron chi connectivity index (χ3n) is 2.41. The van der Waals surface area contributed by atoms with E-state index in [4.69, 9.17) is 0 Å². The summed E-state index contributed by atoms with van der Waals surface area (Å²) in [6, 6.07) is 0. The van der Waals surface area contributed by atoms with Gasteiger partial charge in [-0.15, -0.1) is 26.4 Å². The number of rotatable bonds is 7. The van der Waals surface area contributed by atoms with E-state index in [1.165, 1.54) is 6.42 Å². The van der Waals surface area contributed by atoms with Crippen molar-refractivity contribution in [2.45, 2.75) is 56.0 Å². The van der Waals surface area contributed by atoms with Crippen LogP contribution in [0.4, 0.5) is 0 Å². The monoisotopic (exact) mass is 382 g/mol. The van der Waals surface area contributed by atoms with Gasteiger partial charge in [0.1, 0.15) is 0 Å². The molecule has 0 N–H and O–H groups in total. The fraction of sp³-hybridized carbons (Fsp3) is 0.579. The Labute approximate surface area is 149 Å². The molecule has 22 heavy (non-hydrogen) atoms. The van der Waals surface area contributed by atoms with Gasteiger partial charge in [0, 0.05) is 0 Å². The van der Waals surface area contributed by atoms with E-state index in [1.807, 2.05) is 0 Å². The second kappa shape index (κ2) is 17.1. The zero-order valence-electron chi connectivity index (χ0n) is 14.6. The van der Waals surface area contributed by atoms with Crippen molar-refractivity contribution in [3.8, 4) is 0 Å². The Balaban J connectivity index is 0. The molecule has 0 aromatic rings. The molecule has 1 rings (SSSR count). The molecule has 1 aliphatic carbocycles. The van der Waals surface area contributed by atoms with Gasteiger partial charge in [-0.1, -0.05) is 25.0 Å². The quantitative estimate of drug-likeness (QED) is 0.496. The van der Waals surface area contributed by atoms with Crippen LogP contribution in [0, 0.1) is 0 Å². The minimum absolute atomic E-state index is 0.0337. The van der Waals surface area contributed by atoms with Crippen molar-refractivity contribution >= 4 is 0 Å². The SMILES string of the molecule is C=CCCC[O-].C=CCCC[O-].C[C](C)(C)[Zr+2][C]1=CC=CC1. The van der Waals surface area contributed by atoms with Crippen LogP contribution in [0.25, 0.3) is 0 Å². The van der Waals surface area contributed by atoms with E-state index in [0.29, 0.717) is 3.12 Å². The van der Waals surface area contributed by atoms with Gasteiger partial charge in [-0.25, -0.2) is 0 Å². The summed E-state index contributed by atoms with van der Waals surface area (Å²) in [5, 5.41) is 19.3. The Hall–Kier alpha value is -0.237. The minimum atomic E-state index is -0.247. The Kier molecular flexibility index (Phi) is 18.7. The Morgan fingerprint density at radius 2 is 1.59 bits per heavy atom. The molecule has 0 fully saturated rings. The molecular formula is C19H32O2Zr. The van der Waals surface area contributed by atoms with E-state index in [1.54, 1.807) is 15.4 Å². The van der Waals surface area contributed by atoms with Crippen molar-refractivity contribution in [1.82, 2.24) is 0 Å². The van der Waals surface area contributed by atoms with Crippen molar-refractivity contribution < 1.29 is 33.4 Å². The predicted octanol–water partition coefficient (Wildman–Crippen LogP) is 3.76. The van der Waals surface area contributed by atoms with Crippen LogP contribution in [0.1, 0.15) is 52.9 Å². The summed E-state index contributed by atoms with van der Waals surface area (Å²) in [5.41, 5.74) is 0. The first kappa shape index (κ1) is 24.0. The third-order valence-corrected chi connectivity index (χ3v) is 5.96. The summed E-state index contributed by atoms with van der Waals surface area (Å²) in [5.74, 6) is 0. The molecule has 2 nitrogen and oxygen atoms in total. The molecule has 0 unspecified atom stereocenters. The van der Waals surface area contributed by atoms with Crippen molar-refractivity contribution in [3.05, 3.63) is 46.8 Å². The molecule has 1 aliphatic rings. The van der Waals surface area contributed by atoms with Crippen LogP contribution in [0.3, 0.4) is 0 Å². The van der Waals surface area contributed by atoms with Crippen molar-refractivity contribution in [3.63, 3.8) is 0 Å². The Bertz CT molecular complexity index is 313. The van der Waals surface area contributed by atoms with Gasteiger partial charge in [0.25, 0.3) is 0 Å². The first-order valence-corrected chi connectivity index (χ1v) is 10.4. The van der Waals surface area contributed by atoms with Crippen molar-refractivity contribution in [2.75, 3.05) is 13.2 Å². The number of unbranched alkanes of at least 4 members (excludes halogenated alkanes) is 2. The van der Waals surface area contributed by atoms with Crippen LogP contribution in [-0.2, 0) is 23.2 Å². The molecule has 0 aliphatic heterocycles. The molecule has 0 atom stereocenters. The third kappa shape index (κ3) is 22.1. The van der Waals surface area contributed by atoms with Gasteiger partial charge < -0.3 is 10.2 Å². The van der Waals surface area contributed by atoms with Gasteiger partial charge >= 0.3 is 75.1 Å². The zero-order valence-corrected chi connectivity index (χ0v) is 17.0. The summed E-state index contributed by atoms with van der Waals surface area (Å²) < 4.78 is 2.37. The fourth-order valence-electron chi connectivity index (χ4n) is 1.48. The average molecular weight is 384 g/mol. The topological polar surface area (TPSA) is 46.1 Å². The van der Waals surface area contributed by atoms with Crippen molar-refractivity contribution in [1.29, 1.82) is 0 Å². The second-order valence-electron chi connectivity index (χ2n) is 5.97. The van der Waals surface area contributed by atoms with Crippen LogP contribution in [0.2, 0.25) is 3.12 Å². The van der Waals surface area contributed by atoms with E-state index in [9.17, 15) is 10.2 Å². The number of hydrogen-bond donors (Lipinski definition) is 0. The summed E-state index contributed by atoms with van der Waals surface area (Å²) in [6.07, 6.45) is 14.8. The summed E-state index contributed by atoms with van der Waals surface area (Å²) in [7, 11) is 0. The maximum absolute atomic E-state index is 9.64. The molecule has 0 aromatic heterocycles. The molecule has 124 valence electrons. The first-order chi connectivity index (χ1) is 10.4. The van der Waals surface area contributed by atoms with E-state index >= 15 is 0 Å². The molecule has 0 amide bonds. The molecule has 0 heterocycles. The van der Waals surface area contributed by atoms with E-state index in [2.05, 4.69) is 52.2 Å². The van der Waals surface area contributed by atoms with Gasteiger partial charge in [-0.3, -0.25) is 0 Å². The Morgan fingerprint density at radius 1 is 1.09 bits per heavy atom. The molecule has 0 spiro atoms. The van der Waals surface area contributed by atoms with Crippen LogP contribution in [0.5, 0.6) is 0 Å². The molecule has 3 heteroatoms. The predicted molar refractivity (Wildman–Crippen MR) is 90.2 cm³/mol. The van der Waals surface area contributed by atoms with Crippen LogP contribution >= 0.6 is 0 Å². The maximum atomic E-state index is 9.64. The molecular weight excluding hydrogens is 351 g/mol. The molecule has 0 saturated carbocycles.